The number of aryl methyl sites for hydroxylation is 1. The number of benzene rings is 1. The Balaban J connectivity index is 1.67. The van der Waals surface area contributed by atoms with E-state index < -0.39 is 15.9 Å². The second-order valence-corrected chi connectivity index (χ2v) is 10.0. The van der Waals surface area contributed by atoms with Crippen molar-refractivity contribution < 1.29 is 18.0 Å². The van der Waals surface area contributed by atoms with Crippen molar-refractivity contribution in [3.63, 3.8) is 0 Å². The minimum Gasteiger partial charge on any atom is -0.341 e. The minimum atomic E-state index is -3.09. The molecule has 142 valence electrons. The monoisotopic (exact) mass is 378 g/mol. The molecule has 2 aliphatic rings. The first-order valence-electron chi connectivity index (χ1n) is 9.00. The largest absolute Gasteiger partial charge is 0.341 e. The molecule has 26 heavy (non-hydrogen) atoms. The van der Waals surface area contributed by atoms with Crippen molar-refractivity contribution in [3.05, 3.63) is 35.4 Å². The molecule has 1 aliphatic heterocycles. The van der Waals surface area contributed by atoms with Gasteiger partial charge < -0.3 is 10.2 Å². The van der Waals surface area contributed by atoms with E-state index in [0.29, 0.717) is 24.9 Å². The van der Waals surface area contributed by atoms with E-state index in [4.69, 9.17) is 0 Å². The van der Waals surface area contributed by atoms with Crippen LogP contribution in [-0.4, -0.2) is 54.8 Å². The summed E-state index contributed by atoms with van der Waals surface area (Å²) in [6, 6.07) is 6.58. The third-order valence-corrected chi connectivity index (χ3v) is 7.17. The molecule has 0 radical (unpaired) electrons. The molecule has 0 bridgehead atoms. The summed E-state index contributed by atoms with van der Waals surface area (Å²) in [5, 5.41) is 2.41. The number of hydrogen-bond donors (Lipinski definition) is 1. The Morgan fingerprint density at radius 1 is 1.31 bits per heavy atom. The highest BCUT2D eigenvalue weighted by Crippen LogP contribution is 2.49. The van der Waals surface area contributed by atoms with Crippen LogP contribution in [0.3, 0.4) is 0 Å². The number of hydrogen-bond acceptors (Lipinski definition) is 4. The molecule has 2 fully saturated rings. The molecule has 1 aromatic rings. The first-order valence-corrected chi connectivity index (χ1v) is 11.0. The molecule has 1 aromatic carbocycles. The highest BCUT2D eigenvalue weighted by Gasteiger charge is 2.55. The average Bonchev–Trinajstić information content (AvgIpc) is 3.32. The summed E-state index contributed by atoms with van der Waals surface area (Å²) in [4.78, 5) is 27.1. The Hall–Kier alpha value is -1.89. The third kappa shape index (κ3) is 3.77. The molecule has 2 amide bonds. The summed E-state index contributed by atoms with van der Waals surface area (Å²) in [6.07, 6.45) is 3.92. The molecule has 1 N–H and O–H groups in total. The van der Waals surface area contributed by atoms with Crippen molar-refractivity contribution in [1.29, 1.82) is 0 Å². The molecule has 2 atom stereocenters. The Morgan fingerprint density at radius 2 is 2.00 bits per heavy atom. The van der Waals surface area contributed by atoms with Gasteiger partial charge in [0, 0.05) is 23.9 Å². The van der Waals surface area contributed by atoms with Gasteiger partial charge in [0.15, 0.2) is 0 Å². The van der Waals surface area contributed by atoms with E-state index in [0.717, 1.165) is 18.4 Å². The lowest BCUT2D eigenvalue weighted by atomic mass is 9.98. The standard InChI is InChI=1S/C19H26N2O4S/c1-13-5-4-6-15(11-13)17(22)20-14(2)18(23)21-10-7-16(26(3,24)25)12-19(21)8-9-19/h4-6,11,14,16H,7-10,12H2,1-3H3,(H,20,22). The Kier molecular flexibility index (Phi) is 4.86. The summed E-state index contributed by atoms with van der Waals surface area (Å²) in [5.41, 5.74) is 1.18. The zero-order valence-electron chi connectivity index (χ0n) is 15.5. The van der Waals surface area contributed by atoms with E-state index in [2.05, 4.69) is 5.32 Å². The smallest absolute Gasteiger partial charge is 0.251 e. The number of carbonyl (C=O) groups is 2. The van der Waals surface area contributed by atoms with Gasteiger partial charge in [-0.3, -0.25) is 9.59 Å². The number of nitrogens with one attached hydrogen (secondary N) is 1. The van der Waals surface area contributed by atoms with Gasteiger partial charge in [-0.05, 0) is 51.7 Å². The number of rotatable bonds is 4. The fourth-order valence-electron chi connectivity index (χ4n) is 3.84. The van der Waals surface area contributed by atoms with Gasteiger partial charge in [-0.2, -0.15) is 0 Å². The lowest BCUT2D eigenvalue weighted by molar-refractivity contribution is -0.137. The Bertz CT molecular complexity index is 830. The molecule has 1 heterocycles. The molecule has 6 nitrogen and oxygen atoms in total. The third-order valence-electron chi connectivity index (χ3n) is 5.55. The number of nitrogens with zero attached hydrogens (tertiary/aromatic N) is 1. The fraction of sp³-hybridized carbons (Fsp3) is 0.579. The first-order chi connectivity index (χ1) is 12.1. The maximum absolute atomic E-state index is 12.9. The van der Waals surface area contributed by atoms with Gasteiger partial charge in [0.05, 0.1) is 5.25 Å². The molecule has 2 unspecified atom stereocenters. The van der Waals surface area contributed by atoms with Gasteiger partial charge in [-0.1, -0.05) is 17.7 Å². The van der Waals surface area contributed by atoms with Crippen molar-refractivity contribution in [3.8, 4) is 0 Å². The van der Waals surface area contributed by atoms with Crippen LogP contribution < -0.4 is 5.32 Å². The van der Waals surface area contributed by atoms with Crippen LogP contribution >= 0.6 is 0 Å². The second-order valence-electron chi connectivity index (χ2n) is 7.72. The molecular formula is C19H26N2O4S. The maximum Gasteiger partial charge on any atom is 0.251 e. The quantitative estimate of drug-likeness (QED) is 0.864. The van der Waals surface area contributed by atoms with E-state index in [1.54, 1.807) is 24.0 Å². The van der Waals surface area contributed by atoms with Gasteiger partial charge in [-0.15, -0.1) is 0 Å². The Morgan fingerprint density at radius 3 is 2.58 bits per heavy atom. The van der Waals surface area contributed by atoms with E-state index in [1.165, 1.54) is 6.26 Å². The first kappa shape index (κ1) is 18.9. The number of amides is 2. The summed E-state index contributed by atoms with van der Waals surface area (Å²) >= 11 is 0. The zero-order valence-corrected chi connectivity index (χ0v) is 16.3. The van der Waals surface area contributed by atoms with Crippen LogP contribution in [0.5, 0.6) is 0 Å². The summed E-state index contributed by atoms with van der Waals surface area (Å²) in [7, 11) is -3.09. The topological polar surface area (TPSA) is 83.6 Å². The number of likely N-dealkylation sites (tertiary alicyclic amines) is 1. The number of piperidine rings is 1. The predicted octanol–water partition coefficient (Wildman–Crippen LogP) is 1.68. The Labute approximate surface area is 154 Å². The van der Waals surface area contributed by atoms with Crippen molar-refractivity contribution in [2.75, 3.05) is 12.8 Å². The van der Waals surface area contributed by atoms with E-state index in [-0.39, 0.29) is 22.6 Å². The van der Waals surface area contributed by atoms with Crippen molar-refractivity contribution >= 4 is 21.7 Å². The van der Waals surface area contributed by atoms with Crippen molar-refractivity contribution in [2.45, 2.75) is 56.4 Å². The van der Waals surface area contributed by atoms with Gasteiger partial charge in [0.2, 0.25) is 5.91 Å². The van der Waals surface area contributed by atoms with E-state index in [9.17, 15) is 18.0 Å². The van der Waals surface area contributed by atoms with Crippen molar-refractivity contribution in [2.24, 2.45) is 0 Å². The van der Waals surface area contributed by atoms with Crippen molar-refractivity contribution in [1.82, 2.24) is 10.2 Å². The molecule has 7 heteroatoms. The molecule has 1 saturated carbocycles. The lowest BCUT2D eigenvalue weighted by Gasteiger charge is -2.40. The van der Waals surface area contributed by atoms with Crippen LogP contribution in [-0.2, 0) is 14.6 Å². The van der Waals surface area contributed by atoms with Crippen LogP contribution in [0.2, 0.25) is 0 Å². The molecule has 1 saturated heterocycles. The molecule has 1 aliphatic carbocycles. The van der Waals surface area contributed by atoms with E-state index in [1.807, 2.05) is 19.1 Å². The van der Waals surface area contributed by atoms with Crippen LogP contribution in [0, 0.1) is 6.92 Å². The van der Waals surface area contributed by atoms with Crippen LogP contribution in [0.25, 0.3) is 0 Å². The van der Waals surface area contributed by atoms with Gasteiger partial charge in [-0.25, -0.2) is 8.42 Å². The summed E-state index contributed by atoms with van der Waals surface area (Å²) in [5.74, 6) is -0.402. The number of carbonyl (C=O) groups excluding carboxylic acids is 2. The highest BCUT2D eigenvalue weighted by molar-refractivity contribution is 7.91. The van der Waals surface area contributed by atoms with Gasteiger partial charge in [0.25, 0.3) is 5.91 Å². The molecular weight excluding hydrogens is 352 g/mol. The average molecular weight is 378 g/mol. The molecule has 1 spiro atoms. The maximum atomic E-state index is 12.9. The van der Waals surface area contributed by atoms with E-state index >= 15 is 0 Å². The zero-order chi connectivity index (χ0) is 19.1. The lowest BCUT2D eigenvalue weighted by Crippen LogP contribution is -2.56. The van der Waals surface area contributed by atoms with Crippen LogP contribution in [0.15, 0.2) is 24.3 Å². The fourth-order valence-corrected chi connectivity index (χ4v) is 4.98. The summed E-state index contributed by atoms with van der Waals surface area (Å²) < 4.78 is 23.8. The van der Waals surface area contributed by atoms with Gasteiger partial charge >= 0.3 is 0 Å². The minimum absolute atomic E-state index is 0.129. The SMILES string of the molecule is Cc1cccc(C(=O)NC(C)C(=O)N2CCC(S(C)(=O)=O)CC23CC3)c1. The second kappa shape index (κ2) is 6.68. The number of sulfone groups is 1. The normalized spacial score (nSPS) is 22.7. The molecule has 0 aromatic heterocycles. The predicted molar refractivity (Wildman–Crippen MR) is 99.7 cm³/mol. The summed E-state index contributed by atoms with van der Waals surface area (Å²) in [6.45, 7) is 4.03. The molecule has 3 rings (SSSR count). The van der Waals surface area contributed by atoms with Crippen LogP contribution in [0.4, 0.5) is 0 Å². The highest BCUT2D eigenvalue weighted by atomic mass is 32.2. The van der Waals surface area contributed by atoms with Gasteiger partial charge in [0.1, 0.15) is 15.9 Å². The van der Waals surface area contributed by atoms with Crippen LogP contribution in [0.1, 0.15) is 48.5 Å².